The number of nitrogens with one attached hydrogen (secondary N) is 1. The molecule has 0 aliphatic carbocycles. The lowest BCUT2D eigenvalue weighted by Gasteiger charge is -2.13. The minimum Gasteiger partial charge on any atom is -0.435 e. The lowest BCUT2D eigenvalue weighted by Crippen LogP contribution is -2.35. The Bertz CT molecular complexity index is 956. The molecule has 0 saturated carbocycles. The summed E-state index contributed by atoms with van der Waals surface area (Å²) < 4.78 is 30.4. The zero-order chi connectivity index (χ0) is 18.1. The highest BCUT2D eigenvalue weighted by Gasteiger charge is 2.20. The lowest BCUT2D eigenvalue weighted by atomic mass is 10.2. The number of ether oxygens (including phenoxy) is 1. The highest BCUT2D eigenvalue weighted by Crippen LogP contribution is 2.24. The first-order valence-electron chi connectivity index (χ1n) is 7.85. The molecule has 1 amide bonds. The minimum atomic E-state index is -2.87. The fourth-order valence-corrected chi connectivity index (χ4v) is 2.69. The molecule has 26 heavy (non-hydrogen) atoms. The summed E-state index contributed by atoms with van der Waals surface area (Å²) >= 11 is 0. The SMILES string of the molecule is O=C1NCCn2nc(-c3ccnc(-c4ccc(OC(F)F)cc4)n3)cc21. The number of fused-ring (bicyclic) bond motifs is 1. The molecule has 1 N–H and O–H groups in total. The third-order valence-electron chi connectivity index (χ3n) is 3.88. The van der Waals surface area contributed by atoms with Crippen LogP contribution in [0.5, 0.6) is 5.75 Å². The van der Waals surface area contributed by atoms with Gasteiger partial charge in [0, 0.05) is 18.3 Å². The largest absolute Gasteiger partial charge is 0.435 e. The maximum absolute atomic E-state index is 12.2. The maximum Gasteiger partial charge on any atom is 0.387 e. The number of nitrogens with zero attached hydrogens (tertiary/aromatic N) is 4. The molecular formula is C17H13F2N5O2. The Kier molecular flexibility index (Phi) is 4.04. The van der Waals surface area contributed by atoms with E-state index in [-0.39, 0.29) is 11.7 Å². The van der Waals surface area contributed by atoms with Crippen molar-refractivity contribution in [3.63, 3.8) is 0 Å². The van der Waals surface area contributed by atoms with Crippen LogP contribution in [0.1, 0.15) is 10.5 Å². The van der Waals surface area contributed by atoms with Crippen molar-refractivity contribution in [1.29, 1.82) is 0 Å². The van der Waals surface area contributed by atoms with E-state index in [1.165, 1.54) is 12.1 Å². The highest BCUT2D eigenvalue weighted by molar-refractivity contribution is 5.94. The van der Waals surface area contributed by atoms with Crippen LogP contribution in [0.2, 0.25) is 0 Å². The molecule has 0 spiro atoms. The third kappa shape index (κ3) is 3.10. The number of carbonyl (C=O) groups excluding carboxylic acids is 1. The first-order valence-corrected chi connectivity index (χ1v) is 7.85. The van der Waals surface area contributed by atoms with Gasteiger partial charge in [-0.25, -0.2) is 9.97 Å². The quantitative estimate of drug-likeness (QED) is 0.775. The average Bonchev–Trinajstić information content (AvgIpc) is 3.08. The normalized spacial score (nSPS) is 13.4. The van der Waals surface area contributed by atoms with Crippen LogP contribution in [0.15, 0.2) is 42.6 Å². The van der Waals surface area contributed by atoms with Crippen molar-refractivity contribution in [2.75, 3.05) is 6.54 Å². The third-order valence-corrected chi connectivity index (χ3v) is 3.88. The average molecular weight is 357 g/mol. The van der Waals surface area contributed by atoms with Gasteiger partial charge in [-0.1, -0.05) is 0 Å². The fraction of sp³-hybridized carbons (Fsp3) is 0.176. The Balaban J connectivity index is 1.64. The fourth-order valence-electron chi connectivity index (χ4n) is 2.69. The van der Waals surface area contributed by atoms with Crippen LogP contribution in [0.3, 0.4) is 0 Å². The van der Waals surface area contributed by atoms with Crippen LogP contribution in [0.4, 0.5) is 8.78 Å². The predicted molar refractivity (Wildman–Crippen MR) is 87.7 cm³/mol. The summed E-state index contributed by atoms with van der Waals surface area (Å²) in [6.45, 7) is -1.73. The minimum absolute atomic E-state index is 0.0627. The first kappa shape index (κ1) is 16.1. The molecule has 1 aromatic carbocycles. The second kappa shape index (κ2) is 6.51. The molecule has 0 saturated heterocycles. The Hall–Kier alpha value is -3.36. The number of benzene rings is 1. The van der Waals surface area contributed by atoms with Crippen molar-refractivity contribution in [2.24, 2.45) is 0 Å². The van der Waals surface area contributed by atoms with Crippen LogP contribution in [-0.2, 0) is 6.54 Å². The van der Waals surface area contributed by atoms with Crippen LogP contribution in [0, 0.1) is 0 Å². The van der Waals surface area contributed by atoms with Crippen molar-refractivity contribution in [2.45, 2.75) is 13.2 Å². The Morgan fingerprint density at radius 2 is 1.96 bits per heavy atom. The molecule has 0 radical (unpaired) electrons. The van der Waals surface area contributed by atoms with E-state index in [0.717, 1.165) is 0 Å². The van der Waals surface area contributed by atoms with Gasteiger partial charge < -0.3 is 10.1 Å². The number of carbonyl (C=O) groups is 1. The van der Waals surface area contributed by atoms with E-state index in [4.69, 9.17) is 0 Å². The molecule has 0 bridgehead atoms. The summed E-state index contributed by atoms with van der Waals surface area (Å²) in [7, 11) is 0. The number of halogens is 2. The van der Waals surface area contributed by atoms with Crippen molar-refractivity contribution in [3.05, 3.63) is 48.3 Å². The number of aromatic nitrogens is 4. The van der Waals surface area contributed by atoms with Crippen LogP contribution < -0.4 is 10.1 Å². The second-order valence-corrected chi connectivity index (χ2v) is 5.56. The standard InChI is InChI=1S/C17H13F2N5O2/c18-17(19)26-11-3-1-10(2-4-11)15-20-6-5-12(22-15)13-9-14-16(25)21-7-8-24(14)23-13/h1-6,9,17H,7-8H2,(H,21,25). The summed E-state index contributed by atoms with van der Waals surface area (Å²) in [6.07, 6.45) is 1.58. The predicted octanol–water partition coefficient (Wildman–Crippen LogP) is 2.35. The molecule has 9 heteroatoms. The Labute approximate surface area is 146 Å². The zero-order valence-corrected chi connectivity index (χ0v) is 13.4. The maximum atomic E-state index is 12.2. The number of rotatable bonds is 4. The van der Waals surface area contributed by atoms with E-state index < -0.39 is 6.61 Å². The second-order valence-electron chi connectivity index (χ2n) is 5.56. The van der Waals surface area contributed by atoms with E-state index in [1.807, 2.05) is 0 Å². The molecule has 132 valence electrons. The van der Waals surface area contributed by atoms with E-state index in [2.05, 4.69) is 25.1 Å². The number of alkyl halides is 2. The van der Waals surface area contributed by atoms with Crippen molar-refractivity contribution in [1.82, 2.24) is 25.1 Å². The number of amides is 1. The van der Waals surface area contributed by atoms with Crippen molar-refractivity contribution >= 4 is 5.91 Å². The number of hydrogen-bond donors (Lipinski definition) is 1. The monoisotopic (exact) mass is 357 g/mol. The molecule has 1 aliphatic heterocycles. The molecule has 7 nitrogen and oxygen atoms in total. The van der Waals surface area contributed by atoms with E-state index in [9.17, 15) is 13.6 Å². The Morgan fingerprint density at radius 3 is 2.69 bits per heavy atom. The van der Waals surface area contributed by atoms with Gasteiger partial charge in [-0.15, -0.1) is 0 Å². The molecule has 2 aromatic heterocycles. The van der Waals surface area contributed by atoms with Gasteiger partial charge in [-0.2, -0.15) is 13.9 Å². The Morgan fingerprint density at radius 1 is 1.15 bits per heavy atom. The van der Waals surface area contributed by atoms with Crippen LogP contribution in [-0.4, -0.2) is 38.8 Å². The van der Waals surface area contributed by atoms with Gasteiger partial charge >= 0.3 is 6.61 Å². The summed E-state index contributed by atoms with van der Waals surface area (Å²) in [5, 5.41) is 7.18. The molecule has 3 aromatic rings. The number of hydrogen-bond acceptors (Lipinski definition) is 5. The van der Waals surface area contributed by atoms with Gasteiger partial charge in [0.05, 0.1) is 12.2 Å². The van der Waals surface area contributed by atoms with E-state index in [1.54, 1.807) is 35.1 Å². The molecule has 0 unspecified atom stereocenters. The van der Waals surface area contributed by atoms with Gasteiger partial charge in [0.2, 0.25) is 0 Å². The lowest BCUT2D eigenvalue weighted by molar-refractivity contribution is -0.0498. The van der Waals surface area contributed by atoms with Crippen molar-refractivity contribution < 1.29 is 18.3 Å². The van der Waals surface area contributed by atoms with Gasteiger partial charge in [0.1, 0.15) is 17.1 Å². The summed E-state index contributed by atoms with van der Waals surface area (Å²) in [6, 6.07) is 9.43. The van der Waals surface area contributed by atoms with Gasteiger partial charge in [0.25, 0.3) is 5.91 Å². The van der Waals surface area contributed by atoms with Crippen molar-refractivity contribution in [3.8, 4) is 28.5 Å². The molecule has 4 rings (SSSR count). The zero-order valence-electron chi connectivity index (χ0n) is 13.4. The van der Waals surface area contributed by atoms with Gasteiger partial charge in [-0.05, 0) is 36.4 Å². The summed E-state index contributed by atoms with van der Waals surface area (Å²) in [4.78, 5) is 20.5. The smallest absolute Gasteiger partial charge is 0.387 e. The van der Waals surface area contributed by atoms with E-state index in [0.29, 0.717) is 41.6 Å². The first-order chi connectivity index (χ1) is 12.6. The molecular weight excluding hydrogens is 344 g/mol. The van der Waals surface area contributed by atoms with Crippen LogP contribution in [0.25, 0.3) is 22.8 Å². The highest BCUT2D eigenvalue weighted by atomic mass is 19.3. The molecule has 0 atom stereocenters. The van der Waals surface area contributed by atoms with Gasteiger partial charge in [0.15, 0.2) is 5.82 Å². The summed E-state index contributed by atoms with van der Waals surface area (Å²) in [5.41, 5.74) is 2.27. The van der Waals surface area contributed by atoms with Gasteiger partial charge in [-0.3, -0.25) is 9.48 Å². The summed E-state index contributed by atoms with van der Waals surface area (Å²) in [5.74, 6) is 0.313. The molecule has 3 heterocycles. The van der Waals surface area contributed by atoms with E-state index >= 15 is 0 Å². The molecule has 1 aliphatic rings. The van der Waals surface area contributed by atoms with Crippen LogP contribution >= 0.6 is 0 Å². The molecule has 0 fully saturated rings. The topological polar surface area (TPSA) is 81.9 Å².